The molecule has 0 aliphatic rings. The minimum absolute atomic E-state index is 0.122. The fraction of sp³-hybridized carbons (Fsp3) is 0.636. The zero-order valence-electron chi connectivity index (χ0n) is 10.9. The van der Waals surface area contributed by atoms with Crippen LogP contribution in [0.3, 0.4) is 0 Å². The number of hydrogen-bond donors (Lipinski definition) is 3. The lowest BCUT2D eigenvalue weighted by Gasteiger charge is -2.27. The molecule has 0 spiro atoms. The van der Waals surface area contributed by atoms with Gasteiger partial charge in [-0.2, -0.15) is 5.43 Å². The van der Waals surface area contributed by atoms with Crippen molar-refractivity contribution in [3.05, 3.63) is 12.7 Å². The molecule has 0 aliphatic heterocycles. The summed E-state index contributed by atoms with van der Waals surface area (Å²) < 4.78 is 0.515. The quantitative estimate of drug-likeness (QED) is 0.366. The molecule has 0 aliphatic carbocycles. The van der Waals surface area contributed by atoms with Crippen LogP contribution in [0.2, 0.25) is 0 Å². The molecule has 17 heavy (non-hydrogen) atoms. The van der Waals surface area contributed by atoms with Crippen LogP contribution in [0.15, 0.2) is 12.7 Å². The van der Waals surface area contributed by atoms with E-state index in [4.69, 9.17) is 10.2 Å². The number of amides is 1. The lowest BCUT2D eigenvalue weighted by Crippen LogP contribution is -2.54. The van der Waals surface area contributed by atoms with Crippen LogP contribution >= 0.6 is 0 Å². The van der Waals surface area contributed by atoms with Crippen molar-refractivity contribution in [3.63, 3.8) is 0 Å². The number of aliphatic carboxylic acids is 1. The van der Waals surface area contributed by atoms with Gasteiger partial charge in [0.15, 0.2) is 0 Å². The number of quaternary nitrogens is 1. The third kappa shape index (κ3) is 12.5. The van der Waals surface area contributed by atoms with Gasteiger partial charge in [-0.3, -0.25) is 4.79 Å². The smallest absolute Gasteiger partial charge is 0.332 e. The van der Waals surface area contributed by atoms with Crippen molar-refractivity contribution in [3.8, 4) is 0 Å². The molecule has 0 aromatic rings. The molecule has 100 valence electrons. The van der Waals surface area contributed by atoms with Crippen molar-refractivity contribution >= 4 is 11.9 Å². The van der Waals surface area contributed by atoms with Gasteiger partial charge in [0.1, 0.15) is 12.6 Å². The first-order chi connectivity index (χ1) is 7.66. The van der Waals surface area contributed by atoms with Crippen molar-refractivity contribution in [1.29, 1.82) is 0 Å². The first-order valence-corrected chi connectivity index (χ1v) is 5.34. The summed E-state index contributed by atoms with van der Waals surface area (Å²) in [6.45, 7) is 7.59. The van der Waals surface area contributed by atoms with E-state index in [1.807, 2.05) is 14.1 Å². The second-order valence-corrected chi connectivity index (χ2v) is 4.10. The first-order valence-electron chi connectivity index (χ1n) is 5.34. The summed E-state index contributed by atoms with van der Waals surface area (Å²) in [5.74, 6) is -1.31. The Balaban J connectivity index is 0. The molecule has 6 nitrogen and oxygen atoms in total. The topological polar surface area (TPSA) is 86.6 Å². The summed E-state index contributed by atoms with van der Waals surface area (Å²) >= 11 is 0. The maximum atomic E-state index is 10.9. The fourth-order valence-corrected chi connectivity index (χ4v) is 0.959. The maximum absolute atomic E-state index is 10.9. The Hall–Kier alpha value is -1.40. The van der Waals surface area contributed by atoms with Gasteiger partial charge in [0.25, 0.3) is 5.91 Å². The number of carbonyl (C=O) groups is 2. The van der Waals surface area contributed by atoms with E-state index in [1.54, 1.807) is 0 Å². The molecule has 1 amide bonds. The van der Waals surface area contributed by atoms with E-state index in [1.165, 1.54) is 13.0 Å². The zero-order valence-corrected chi connectivity index (χ0v) is 10.9. The third-order valence-corrected chi connectivity index (χ3v) is 1.74. The van der Waals surface area contributed by atoms with Gasteiger partial charge in [0.2, 0.25) is 0 Å². The Labute approximate surface area is 102 Å². The molecular weight excluding hydrogens is 224 g/mol. The number of carboxylic acid groups (broad SMARTS) is 1. The van der Waals surface area contributed by atoms with Crippen LogP contribution in [0.4, 0.5) is 0 Å². The van der Waals surface area contributed by atoms with E-state index < -0.39 is 12.1 Å². The molecule has 0 bridgehead atoms. The minimum Gasteiger partial charge on any atom is -0.479 e. The van der Waals surface area contributed by atoms with Crippen molar-refractivity contribution in [2.24, 2.45) is 0 Å². The van der Waals surface area contributed by atoms with Crippen molar-refractivity contribution in [1.82, 2.24) is 5.43 Å². The summed E-state index contributed by atoms with van der Waals surface area (Å²) in [5.41, 5.74) is 2.79. The van der Waals surface area contributed by atoms with E-state index in [-0.39, 0.29) is 5.91 Å². The Kier molecular flexibility index (Phi) is 9.22. The number of nitrogens with one attached hydrogen (secondary N) is 1. The zero-order chi connectivity index (χ0) is 14.1. The van der Waals surface area contributed by atoms with Crippen LogP contribution in [0.5, 0.6) is 0 Å². The summed E-state index contributed by atoms with van der Waals surface area (Å²) in [6, 6.07) is 0. The van der Waals surface area contributed by atoms with Gasteiger partial charge >= 0.3 is 5.97 Å². The summed E-state index contributed by atoms with van der Waals surface area (Å²) in [5, 5.41) is 15.8. The van der Waals surface area contributed by atoms with Crippen LogP contribution in [0, 0.1) is 0 Å². The summed E-state index contributed by atoms with van der Waals surface area (Å²) in [6.07, 6.45) is 1.10. The lowest BCUT2D eigenvalue weighted by atomic mass is 10.4. The number of rotatable bonds is 5. The first kappa shape index (κ1) is 18.0. The Morgan fingerprint density at radius 3 is 2.12 bits per heavy atom. The molecule has 0 fully saturated rings. The molecule has 3 N–H and O–H groups in total. The lowest BCUT2D eigenvalue weighted by molar-refractivity contribution is -0.924. The van der Waals surface area contributed by atoms with Gasteiger partial charge in [-0.1, -0.05) is 13.5 Å². The molecule has 1 atom stereocenters. The number of hydrogen-bond acceptors (Lipinski definition) is 3. The highest BCUT2D eigenvalue weighted by Gasteiger charge is 2.14. The van der Waals surface area contributed by atoms with E-state index in [0.29, 0.717) is 4.59 Å². The standard InChI is InChI=1S/C8H16N2O.C3H6O3/c1-5-7-10(3,4)9-8(11)6-2;1-2(4)3(5)6/h6H,2,5,7H2,1,3-4H3;2,4H,1H3,(H,5,6)/p+1. The molecule has 0 rings (SSSR count). The second kappa shape index (κ2) is 8.72. The molecule has 6 heteroatoms. The van der Waals surface area contributed by atoms with Crippen LogP contribution in [0.25, 0.3) is 0 Å². The number of aliphatic hydroxyl groups is 1. The van der Waals surface area contributed by atoms with Gasteiger partial charge in [-0.05, 0) is 13.3 Å². The van der Waals surface area contributed by atoms with Gasteiger partial charge in [-0.15, -0.1) is 0 Å². The second-order valence-electron chi connectivity index (χ2n) is 4.10. The predicted octanol–water partition coefficient (Wildman–Crippen LogP) is 0.142. The highest BCUT2D eigenvalue weighted by molar-refractivity contribution is 5.85. The van der Waals surface area contributed by atoms with Crippen molar-refractivity contribution in [2.75, 3.05) is 20.6 Å². The monoisotopic (exact) mass is 247 g/mol. The van der Waals surface area contributed by atoms with E-state index in [2.05, 4.69) is 18.9 Å². The fourth-order valence-electron chi connectivity index (χ4n) is 0.959. The van der Waals surface area contributed by atoms with Crippen molar-refractivity contribution in [2.45, 2.75) is 26.4 Å². The van der Waals surface area contributed by atoms with E-state index in [0.717, 1.165) is 13.0 Å². The molecule has 0 heterocycles. The average molecular weight is 247 g/mol. The Morgan fingerprint density at radius 1 is 1.47 bits per heavy atom. The number of aliphatic hydroxyl groups excluding tert-OH is 1. The van der Waals surface area contributed by atoms with Gasteiger partial charge in [-0.25, -0.2) is 9.39 Å². The summed E-state index contributed by atoms with van der Waals surface area (Å²) in [4.78, 5) is 20.3. The number of nitrogens with zero attached hydrogens (tertiary/aromatic N) is 1. The minimum atomic E-state index is -1.23. The molecular formula is C11H23N2O4+. The SMILES string of the molecule is C=CC(=O)N[N+](C)(C)CCC.CC(O)C(=O)O. The van der Waals surface area contributed by atoms with Gasteiger partial charge in [0, 0.05) is 6.08 Å². The molecule has 0 aromatic carbocycles. The Bertz CT molecular complexity index is 262. The van der Waals surface area contributed by atoms with Gasteiger partial charge < -0.3 is 10.2 Å². The third-order valence-electron chi connectivity index (χ3n) is 1.74. The molecule has 1 unspecified atom stereocenters. The van der Waals surface area contributed by atoms with Crippen LogP contribution in [-0.2, 0) is 9.59 Å². The van der Waals surface area contributed by atoms with Gasteiger partial charge in [0.05, 0.1) is 14.1 Å². The molecule has 0 saturated carbocycles. The molecule has 0 saturated heterocycles. The maximum Gasteiger partial charge on any atom is 0.332 e. The number of carboxylic acids is 1. The van der Waals surface area contributed by atoms with E-state index >= 15 is 0 Å². The highest BCUT2D eigenvalue weighted by Crippen LogP contribution is 1.92. The van der Waals surface area contributed by atoms with Crippen LogP contribution < -0.4 is 5.43 Å². The van der Waals surface area contributed by atoms with Crippen LogP contribution in [-0.4, -0.2) is 53.4 Å². The normalized spacial score (nSPS) is 11.8. The highest BCUT2D eigenvalue weighted by atomic mass is 16.4. The Morgan fingerprint density at radius 2 is 1.88 bits per heavy atom. The summed E-state index contributed by atoms with van der Waals surface area (Å²) in [7, 11) is 3.90. The molecule has 0 aromatic heterocycles. The van der Waals surface area contributed by atoms with E-state index in [9.17, 15) is 9.59 Å². The van der Waals surface area contributed by atoms with Crippen LogP contribution in [0.1, 0.15) is 20.3 Å². The van der Waals surface area contributed by atoms with Crippen molar-refractivity contribution < 1.29 is 24.4 Å². The largest absolute Gasteiger partial charge is 0.479 e. The average Bonchev–Trinajstić information content (AvgIpc) is 2.17. The predicted molar refractivity (Wildman–Crippen MR) is 64.9 cm³/mol. The number of carbonyl (C=O) groups excluding carboxylic acids is 1. The molecule has 0 radical (unpaired) electrons.